The van der Waals surface area contributed by atoms with Crippen molar-refractivity contribution in [3.63, 3.8) is 0 Å². The lowest BCUT2D eigenvalue weighted by atomic mass is 10.0. The summed E-state index contributed by atoms with van der Waals surface area (Å²) in [4.78, 5) is 16.1. The van der Waals surface area contributed by atoms with Crippen LogP contribution in [-0.2, 0) is 4.79 Å². The van der Waals surface area contributed by atoms with Crippen LogP contribution in [0.3, 0.4) is 0 Å². The van der Waals surface area contributed by atoms with Gasteiger partial charge < -0.3 is 15.2 Å². The number of hydrogen-bond donors (Lipinski definition) is 2. The number of aliphatic carboxylic acids is 1. The third-order valence-electron chi connectivity index (χ3n) is 3.23. The van der Waals surface area contributed by atoms with Gasteiger partial charge in [-0.25, -0.2) is 9.37 Å². The number of carboxylic acid groups (broad SMARTS) is 1. The zero-order valence-corrected chi connectivity index (χ0v) is 13.3. The highest BCUT2D eigenvalue weighted by molar-refractivity contribution is 7.16. The van der Waals surface area contributed by atoms with Crippen LogP contribution in [0.5, 0.6) is 5.75 Å². The van der Waals surface area contributed by atoms with Gasteiger partial charge in [0.1, 0.15) is 11.6 Å². The first-order chi connectivity index (χ1) is 10.5. The summed E-state index contributed by atoms with van der Waals surface area (Å²) in [6.07, 6.45) is -0.0316. The van der Waals surface area contributed by atoms with Crippen molar-refractivity contribution in [2.24, 2.45) is 0 Å². The van der Waals surface area contributed by atoms with Gasteiger partial charge in [-0.15, -0.1) is 11.3 Å². The van der Waals surface area contributed by atoms with Gasteiger partial charge in [0.25, 0.3) is 0 Å². The van der Waals surface area contributed by atoms with Crippen LogP contribution in [0.15, 0.2) is 18.2 Å². The van der Waals surface area contributed by atoms with Crippen molar-refractivity contribution in [2.45, 2.75) is 19.3 Å². The first kappa shape index (κ1) is 16.2. The molecule has 0 aliphatic rings. The Morgan fingerprint density at radius 3 is 2.82 bits per heavy atom. The standard InChI is InChI=1S/C15H17FN2O3S/c1-8(6-12(19)20)14-13(18-15(17-2)22-14)10-5-4-9(21-3)7-11(10)16/h4-5,7-8H,6H2,1-3H3,(H,17,18)(H,19,20). The molecule has 0 spiro atoms. The molecular weight excluding hydrogens is 307 g/mol. The summed E-state index contributed by atoms with van der Waals surface area (Å²) >= 11 is 1.34. The first-order valence-electron chi connectivity index (χ1n) is 6.70. The van der Waals surface area contributed by atoms with E-state index in [0.29, 0.717) is 22.1 Å². The van der Waals surface area contributed by atoms with Crippen molar-refractivity contribution < 1.29 is 19.0 Å². The van der Waals surface area contributed by atoms with E-state index in [1.807, 2.05) is 0 Å². The van der Waals surface area contributed by atoms with Crippen LogP contribution in [0.1, 0.15) is 24.1 Å². The van der Waals surface area contributed by atoms with E-state index in [-0.39, 0.29) is 12.3 Å². The van der Waals surface area contributed by atoms with Gasteiger partial charge in [0.2, 0.25) is 0 Å². The quantitative estimate of drug-likeness (QED) is 0.850. The molecule has 1 unspecified atom stereocenters. The number of nitrogens with one attached hydrogen (secondary N) is 1. The molecular formula is C15H17FN2O3S. The lowest BCUT2D eigenvalue weighted by molar-refractivity contribution is -0.137. The average Bonchev–Trinajstić information content (AvgIpc) is 2.90. The third-order valence-corrected chi connectivity index (χ3v) is 4.53. The number of anilines is 1. The summed E-state index contributed by atoms with van der Waals surface area (Å²) in [5, 5.41) is 12.5. The Hall–Kier alpha value is -2.15. The monoisotopic (exact) mass is 324 g/mol. The molecule has 1 heterocycles. The molecule has 0 aliphatic heterocycles. The number of benzene rings is 1. The summed E-state index contributed by atoms with van der Waals surface area (Å²) < 4.78 is 19.3. The predicted octanol–water partition coefficient (Wildman–Crippen LogP) is 3.58. The zero-order valence-electron chi connectivity index (χ0n) is 12.5. The minimum atomic E-state index is -0.895. The van der Waals surface area contributed by atoms with Crippen LogP contribution in [0, 0.1) is 5.82 Å². The highest BCUT2D eigenvalue weighted by Gasteiger charge is 2.22. The van der Waals surface area contributed by atoms with Crippen molar-refractivity contribution in [3.05, 3.63) is 28.9 Å². The Kier molecular flexibility index (Phi) is 4.97. The van der Waals surface area contributed by atoms with Crippen LogP contribution in [0.25, 0.3) is 11.3 Å². The van der Waals surface area contributed by atoms with E-state index in [1.54, 1.807) is 26.1 Å². The van der Waals surface area contributed by atoms with E-state index < -0.39 is 11.8 Å². The molecule has 0 saturated carbocycles. The largest absolute Gasteiger partial charge is 0.497 e. The van der Waals surface area contributed by atoms with Crippen molar-refractivity contribution >= 4 is 22.4 Å². The van der Waals surface area contributed by atoms with Gasteiger partial charge in [-0.3, -0.25) is 4.79 Å². The summed E-state index contributed by atoms with van der Waals surface area (Å²) in [6.45, 7) is 1.80. The van der Waals surface area contributed by atoms with Crippen LogP contribution < -0.4 is 10.1 Å². The van der Waals surface area contributed by atoms with Crippen molar-refractivity contribution in [3.8, 4) is 17.0 Å². The number of hydrogen-bond acceptors (Lipinski definition) is 5. The van der Waals surface area contributed by atoms with Crippen LogP contribution >= 0.6 is 11.3 Å². The molecule has 2 N–H and O–H groups in total. The highest BCUT2D eigenvalue weighted by atomic mass is 32.1. The Bertz CT molecular complexity index is 687. The Morgan fingerprint density at radius 1 is 1.55 bits per heavy atom. The van der Waals surface area contributed by atoms with Gasteiger partial charge in [0.05, 0.1) is 19.2 Å². The van der Waals surface area contributed by atoms with Crippen LogP contribution in [0.4, 0.5) is 9.52 Å². The summed E-state index contributed by atoms with van der Waals surface area (Å²) in [5.74, 6) is -1.18. The van der Waals surface area contributed by atoms with E-state index >= 15 is 0 Å². The van der Waals surface area contributed by atoms with Crippen LogP contribution in [0.2, 0.25) is 0 Å². The topological polar surface area (TPSA) is 71.5 Å². The zero-order chi connectivity index (χ0) is 16.3. The SMILES string of the molecule is CNc1nc(-c2ccc(OC)cc2F)c(C(C)CC(=O)O)s1. The normalized spacial score (nSPS) is 12.0. The molecule has 0 amide bonds. The molecule has 22 heavy (non-hydrogen) atoms. The van der Waals surface area contributed by atoms with Gasteiger partial charge in [-0.2, -0.15) is 0 Å². The van der Waals surface area contributed by atoms with E-state index in [1.165, 1.54) is 24.5 Å². The second-order valence-electron chi connectivity index (χ2n) is 4.83. The second-order valence-corrected chi connectivity index (χ2v) is 5.86. The molecule has 0 aliphatic carbocycles. The number of aromatic nitrogens is 1. The van der Waals surface area contributed by atoms with E-state index in [9.17, 15) is 9.18 Å². The van der Waals surface area contributed by atoms with Gasteiger partial charge in [0, 0.05) is 29.5 Å². The first-order valence-corrected chi connectivity index (χ1v) is 7.52. The van der Waals surface area contributed by atoms with Gasteiger partial charge in [-0.1, -0.05) is 6.92 Å². The molecule has 2 aromatic rings. The number of nitrogens with zero attached hydrogens (tertiary/aromatic N) is 1. The molecule has 0 fully saturated rings. The minimum Gasteiger partial charge on any atom is -0.497 e. The number of carbonyl (C=O) groups is 1. The molecule has 0 saturated heterocycles. The van der Waals surface area contributed by atoms with Crippen molar-refractivity contribution in [1.29, 1.82) is 0 Å². The molecule has 1 aromatic carbocycles. The summed E-state index contributed by atoms with van der Waals surface area (Å²) in [7, 11) is 3.19. The number of ether oxygens (including phenoxy) is 1. The lowest BCUT2D eigenvalue weighted by Gasteiger charge is -2.10. The second kappa shape index (κ2) is 6.74. The minimum absolute atomic E-state index is 0.0316. The maximum Gasteiger partial charge on any atom is 0.303 e. The summed E-state index contributed by atoms with van der Waals surface area (Å²) in [5.41, 5.74) is 0.814. The fourth-order valence-electron chi connectivity index (χ4n) is 2.14. The smallest absolute Gasteiger partial charge is 0.303 e. The molecule has 7 heteroatoms. The fraction of sp³-hybridized carbons (Fsp3) is 0.333. The number of rotatable bonds is 6. The highest BCUT2D eigenvalue weighted by Crippen LogP contribution is 2.39. The Morgan fingerprint density at radius 2 is 2.27 bits per heavy atom. The van der Waals surface area contributed by atoms with E-state index in [0.717, 1.165) is 4.88 Å². The Labute approximate surface area is 131 Å². The van der Waals surface area contributed by atoms with Crippen molar-refractivity contribution in [1.82, 2.24) is 4.98 Å². The van der Waals surface area contributed by atoms with E-state index in [2.05, 4.69) is 10.3 Å². The van der Waals surface area contributed by atoms with Gasteiger partial charge >= 0.3 is 5.97 Å². The summed E-state index contributed by atoms with van der Waals surface area (Å²) in [6, 6.07) is 4.54. The number of thiazole rings is 1. The van der Waals surface area contributed by atoms with Crippen LogP contribution in [-0.4, -0.2) is 30.2 Å². The number of carboxylic acids is 1. The lowest BCUT2D eigenvalue weighted by Crippen LogP contribution is -2.03. The van der Waals surface area contributed by atoms with Gasteiger partial charge in [-0.05, 0) is 12.1 Å². The number of halogens is 1. The molecule has 118 valence electrons. The van der Waals surface area contributed by atoms with E-state index in [4.69, 9.17) is 9.84 Å². The molecule has 5 nitrogen and oxygen atoms in total. The maximum atomic E-state index is 14.3. The fourth-order valence-corrected chi connectivity index (χ4v) is 3.12. The molecule has 2 rings (SSSR count). The molecule has 0 radical (unpaired) electrons. The maximum absolute atomic E-state index is 14.3. The molecule has 0 bridgehead atoms. The molecule has 1 atom stereocenters. The predicted molar refractivity (Wildman–Crippen MR) is 84.3 cm³/mol. The average molecular weight is 324 g/mol. The number of methoxy groups -OCH3 is 1. The Balaban J connectivity index is 2.49. The van der Waals surface area contributed by atoms with Crippen molar-refractivity contribution in [2.75, 3.05) is 19.5 Å². The third kappa shape index (κ3) is 3.36. The van der Waals surface area contributed by atoms with Gasteiger partial charge in [0.15, 0.2) is 5.13 Å². The molecule has 1 aromatic heterocycles.